The van der Waals surface area contributed by atoms with Crippen molar-refractivity contribution in [1.29, 1.82) is 0 Å². The first-order chi connectivity index (χ1) is 8.40. The molecule has 1 heterocycles. The summed E-state index contributed by atoms with van der Waals surface area (Å²) >= 11 is 0. The van der Waals surface area contributed by atoms with Gasteiger partial charge in [0.15, 0.2) is 5.76 Å². The molecule has 0 aliphatic carbocycles. The topological polar surface area (TPSA) is 96.6 Å². The lowest BCUT2D eigenvalue weighted by Crippen LogP contribution is -2.33. The summed E-state index contributed by atoms with van der Waals surface area (Å²) in [4.78, 5) is 22.2. The van der Waals surface area contributed by atoms with Gasteiger partial charge in [-0.15, -0.1) is 0 Å². The third kappa shape index (κ3) is 4.33. The Morgan fingerprint density at radius 2 is 2.06 bits per heavy atom. The second-order valence-corrected chi connectivity index (χ2v) is 5.46. The van der Waals surface area contributed by atoms with Crippen molar-refractivity contribution in [1.82, 2.24) is 5.32 Å². The SMILES string of the molecule is CC(CCS(C)=O)NC(=O)c1ccc(C(=O)O)o1. The summed E-state index contributed by atoms with van der Waals surface area (Å²) in [6, 6.07) is 2.38. The summed E-state index contributed by atoms with van der Waals surface area (Å²) in [6.07, 6.45) is 2.18. The molecule has 0 aromatic carbocycles. The zero-order valence-corrected chi connectivity index (χ0v) is 11.0. The number of furan rings is 1. The van der Waals surface area contributed by atoms with Crippen LogP contribution in [0.4, 0.5) is 0 Å². The molecule has 100 valence electrons. The number of carbonyl (C=O) groups excluding carboxylic acids is 1. The van der Waals surface area contributed by atoms with Gasteiger partial charge in [0.2, 0.25) is 5.76 Å². The van der Waals surface area contributed by atoms with Crippen molar-refractivity contribution >= 4 is 22.7 Å². The normalized spacial score (nSPS) is 13.9. The molecule has 6 nitrogen and oxygen atoms in total. The number of amides is 1. The highest BCUT2D eigenvalue weighted by Crippen LogP contribution is 2.08. The number of carboxylic acids is 1. The maximum atomic E-state index is 11.7. The zero-order chi connectivity index (χ0) is 13.7. The Morgan fingerprint density at radius 1 is 1.44 bits per heavy atom. The van der Waals surface area contributed by atoms with Gasteiger partial charge in [-0.05, 0) is 25.5 Å². The number of aromatic carboxylic acids is 1. The minimum atomic E-state index is -1.22. The van der Waals surface area contributed by atoms with E-state index in [4.69, 9.17) is 9.52 Å². The fraction of sp³-hybridized carbons (Fsp3) is 0.455. The predicted octanol–water partition coefficient (Wildman–Crippen LogP) is 0.865. The van der Waals surface area contributed by atoms with Crippen molar-refractivity contribution in [3.63, 3.8) is 0 Å². The van der Waals surface area contributed by atoms with Crippen LogP contribution in [0.3, 0.4) is 0 Å². The first-order valence-corrected chi connectivity index (χ1v) is 7.07. The van der Waals surface area contributed by atoms with Gasteiger partial charge in [0, 0.05) is 28.9 Å². The van der Waals surface area contributed by atoms with E-state index in [1.807, 2.05) is 0 Å². The molecule has 1 aromatic heterocycles. The Labute approximate surface area is 107 Å². The van der Waals surface area contributed by atoms with Crippen molar-refractivity contribution in [2.75, 3.05) is 12.0 Å². The standard InChI is InChI=1S/C11H15NO5S/c1-7(5-6-18(2)16)12-10(13)8-3-4-9(17-8)11(14)15/h3-4,7H,5-6H2,1-2H3,(H,12,13)(H,14,15). The van der Waals surface area contributed by atoms with Crippen LogP contribution in [-0.2, 0) is 10.8 Å². The molecule has 7 heteroatoms. The Morgan fingerprint density at radius 3 is 2.56 bits per heavy atom. The molecule has 1 amide bonds. The fourth-order valence-corrected chi connectivity index (χ4v) is 1.97. The molecule has 0 spiro atoms. The van der Waals surface area contributed by atoms with E-state index in [1.54, 1.807) is 13.2 Å². The molecule has 0 saturated carbocycles. The van der Waals surface area contributed by atoms with E-state index in [9.17, 15) is 13.8 Å². The van der Waals surface area contributed by atoms with E-state index in [2.05, 4.69) is 5.32 Å². The van der Waals surface area contributed by atoms with Crippen LogP contribution in [0.25, 0.3) is 0 Å². The van der Waals surface area contributed by atoms with Crippen LogP contribution in [0.2, 0.25) is 0 Å². The van der Waals surface area contributed by atoms with Gasteiger partial charge in [-0.25, -0.2) is 4.79 Å². The molecule has 0 fully saturated rings. The lowest BCUT2D eigenvalue weighted by atomic mass is 10.2. The van der Waals surface area contributed by atoms with Crippen molar-refractivity contribution in [2.24, 2.45) is 0 Å². The van der Waals surface area contributed by atoms with E-state index < -0.39 is 22.7 Å². The highest BCUT2D eigenvalue weighted by Gasteiger charge is 2.16. The van der Waals surface area contributed by atoms with Crippen LogP contribution in [0, 0.1) is 0 Å². The summed E-state index contributed by atoms with van der Waals surface area (Å²) in [5, 5.41) is 11.3. The average Bonchev–Trinajstić information content (AvgIpc) is 2.75. The van der Waals surface area contributed by atoms with Gasteiger partial charge >= 0.3 is 5.97 Å². The molecular weight excluding hydrogens is 258 g/mol. The highest BCUT2D eigenvalue weighted by molar-refractivity contribution is 7.84. The quantitative estimate of drug-likeness (QED) is 0.801. The monoisotopic (exact) mass is 273 g/mol. The minimum absolute atomic E-state index is 0.0446. The molecule has 0 radical (unpaired) electrons. The van der Waals surface area contributed by atoms with E-state index >= 15 is 0 Å². The Hall–Kier alpha value is -1.63. The summed E-state index contributed by atoms with van der Waals surface area (Å²) in [6.45, 7) is 1.78. The van der Waals surface area contributed by atoms with Crippen LogP contribution in [0.1, 0.15) is 34.5 Å². The fourth-order valence-electron chi connectivity index (χ4n) is 1.28. The van der Waals surface area contributed by atoms with Crippen molar-refractivity contribution in [3.05, 3.63) is 23.7 Å². The summed E-state index contributed by atoms with van der Waals surface area (Å²) in [5.74, 6) is -1.51. The number of rotatable bonds is 6. The van der Waals surface area contributed by atoms with Crippen molar-refractivity contribution in [2.45, 2.75) is 19.4 Å². The first kappa shape index (κ1) is 14.4. The molecule has 2 atom stereocenters. The first-order valence-electron chi connectivity index (χ1n) is 5.34. The molecule has 2 unspecified atom stereocenters. The summed E-state index contributed by atoms with van der Waals surface area (Å²) in [5.41, 5.74) is 0. The van der Waals surface area contributed by atoms with Crippen LogP contribution < -0.4 is 5.32 Å². The van der Waals surface area contributed by atoms with Gasteiger partial charge in [0.05, 0.1) is 0 Å². The molecule has 18 heavy (non-hydrogen) atoms. The Bertz CT molecular complexity index is 468. The lowest BCUT2D eigenvalue weighted by molar-refractivity contribution is 0.0659. The van der Waals surface area contributed by atoms with E-state index in [0.717, 1.165) is 0 Å². The zero-order valence-electron chi connectivity index (χ0n) is 10.1. The van der Waals surface area contributed by atoms with Gasteiger partial charge in [-0.3, -0.25) is 9.00 Å². The molecule has 1 rings (SSSR count). The van der Waals surface area contributed by atoms with Crippen LogP contribution >= 0.6 is 0 Å². The van der Waals surface area contributed by atoms with Gasteiger partial charge in [-0.1, -0.05) is 0 Å². The van der Waals surface area contributed by atoms with Gasteiger partial charge in [0.25, 0.3) is 5.91 Å². The minimum Gasteiger partial charge on any atom is -0.475 e. The second kappa shape index (κ2) is 6.34. The number of hydrogen-bond acceptors (Lipinski definition) is 4. The Balaban J connectivity index is 2.53. The lowest BCUT2D eigenvalue weighted by Gasteiger charge is -2.11. The van der Waals surface area contributed by atoms with E-state index in [-0.39, 0.29) is 17.6 Å². The predicted molar refractivity (Wildman–Crippen MR) is 66.1 cm³/mol. The van der Waals surface area contributed by atoms with Crippen LogP contribution in [0.15, 0.2) is 16.5 Å². The number of hydrogen-bond donors (Lipinski definition) is 2. The molecule has 0 saturated heterocycles. The maximum Gasteiger partial charge on any atom is 0.371 e. The number of nitrogens with one attached hydrogen (secondary N) is 1. The van der Waals surface area contributed by atoms with E-state index in [0.29, 0.717) is 12.2 Å². The second-order valence-electron chi connectivity index (χ2n) is 3.91. The average molecular weight is 273 g/mol. The molecule has 0 aliphatic heterocycles. The third-order valence-electron chi connectivity index (χ3n) is 2.26. The summed E-state index contributed by atoms with van der Waals surface area (Å²) < 4.78 is 15.8. The van der Waals surface area contributed by atoms with Crippen molar-refractivity contribution in [3.8, 4) is 0 Å². The highest BCUT2D eigenvalue weighted by atomic mass is 32.2. The smallest absolute Gasteiger partial charge is 0.371 e. The largest absolute Gasteiger partial charge is 0.475 e. The van der Waals surface area contributed by atoms with Crippen LogP contribution in [0.5, 0.6) is 0 Å². The molecular formula is C11H15NO5S. The van der Waals surface area contributed by atoms with Crippen molar-refractivity contribution < 1.29 is 23.3 Å². The summed E-state index contributed by atoms with van der Waals surface area (Å²) in [7, 11) is -0.900. The van der Waals surface area contributed by atoms with Gasteiger partial charge < -0.3 is 14.8 Å². The Kier molecular flexibility index (Phi) is 5.08. The van der Waals surface area contributed by atoms with E-state index in [1.165, 1.54) is 12.1 Å². The number of carboxylic acid groups (broad SMARTS) is 1. The third-order valence-corrected chi connectivity index (χ3v) is 3.07. The molecule has 0 bridgehead atoms. The van der Waals surface area contributed by atoms with Crippen LogP contribution in [-0.4, -0.2) is 39.2 Å². The molecule has 1 aromatic rings. The van der Waals surface area contributed by atoms with Gasteiger partial charge in [-0.2, -0.15) is 0 Å². The number of carbonyl (C=O) groups is 2. The molecule has 2 N–H and O–H groups in total. The molecule has 0 aliphatic rings. The maximum absolute atomic E-state index is 11.7. The van der Waals surface area contributed by atoms with Gasteiger partial charge in [0.1, 0.15) is 0 Å².